The van der Waals surface area contributed by atoms with Gasteiger partial charge < -0.3 is 5.32 Å². The first kappa shape index (κ1) is 17.6. The van der Waals surface area contributed by atoms with Crippen LogP contribution in [0.25, 0.3) is 5.65 Å². The van der Waals surface area contributed by atoms with Crippen molar-refractivity contribution in [3.05, 3.63) is 63.9 Å². The van der Waals surface area contributed by atoms with Crippen LogP contribution in [0, 0.1) is 26.6 Å². The summed E-state index contributed by atoms with van der Waals surface area (Å²) >= 11 is 0. The van der Waals surface area contributed by atoms with Gasteiger partial charge in [-0.05, 0) is 62.8 Å². The fraction of sp³-hybridized carbons (Fsp3) is 0.381. The number of carbonyl (C=O) groups excluding carboxylic acids is 1. The smallest absolute Gasteiger partial charge is 0.220 e. The predicted octanol–water partition coefficient (Wildman–Crippen LogP) is 3.53. The Bertz CT molecular complexity index is 1040. The Hall–Kier alpha value is -2.76. The van der Waals surface area contributed by atoms with Gasteiger partial charge in [0.05, 0.1) is 11.7 Å². The molecule has 2 aromatic heterocycles. The predicted molar refractivity (Wildman–Crippen MR) is 101 cm³/mol. The van der Waals surface area contributed by atoms with Gasteiger partial charge in [0.2, 0.25) is 5.91 Å². The Kier molecular flexibility index (Phi) is 4.42. The summed E-state index contributed by atoms with van der Waals surface area (Å²) in [5, 5.41) is 7.54. The van der Waals surface area contributed by atoms with E-state index in [4.69, 9.17) is 0 Å². The van der Waals surface area contributed by atoms with Gasteiger partial charge in [0.1, 0.15) is 5.82 Å². The third kappa shape index (κ3) is 3.20. The zero-order valence-electron chi connectivity index (χ0n) is 15.8. The molecule has 140 valence electrons. The Morgan fingerprint density at radius 1 is 1.33 bits per heavy atom. The number of aromatic nitrogens is 3. The lowest BCUT2D eigenvalue weighted by molar-refractivity contribution is -0.121. The lowest BCUT2D eigenvalue weighted by atomic mass is 10.0. The molecule has 0 saturated carbocycles. The van der Waals surface area contributed by atoms with Crippen molar-refractivity contribution >= 4 is 11.6 Å². The highest BCUT2D eigenvalue weighted by Gasteiger charge is 2.26. The zero-order valence-corrected chi connectivity index (χ0v) is 15.8. The second-order valence-electron chi connectivity index (χ2n) is 7.28. The fourth-order valence-electron chi connectivity index (χ4n) is 4.07. The van der Waals surface area contributed by atoms with Crippen molar-refractivity contribution in [1.29, 1.82) is 0 Å². The van der Waals surface area contributed by atoms with Crippen molar-refractivity contribution in [2.45, 2.75) is 52.5 Å². The molecule has 1 N–H and O–H groups in total. The first-order valence-electron chi connectivity index (χ1n) is 9.33. The molecule has 1 atom stereocenters. The molecule has 1 aromatic carbocycles. The number of fused-ring (bicyclic) bond motifs is 2. The average Bonchev–Trinajstić information content (AvgIpc) is 3.19. The third-order valence-electron chi connectivity index (χ3n) is 5.44. The number of benzene rings is 1. The minimum atomic E-state index is -0.176. The molecule has 0 radical (unpaired) electrons. The van der Waals surface area contributed by atoms with Crippen LogP contribution in [-0.2, 0) is 17.6 Å². The van der Waals surface area contributed by atoms with Crippen LogP contribution in [0.4, 0.5) is 4.39 Å². The maximum absolute atomic E-state index is 13.9. The number of aryl methyl sites for hydroxylation is 3. The number of hydrogen-bond acceptors (Lipinski definition) is 3. The normalized spacial score (nSPS) is 15.9. The van der Waals surface area contributed by atoms with Gasteiger partial charge in [-0.2, -0.15) is 5.10 Å². The van der Waals surface area contributed by atoms with Gasteiger partial charge in [0, 0.05) is 23.9 Å². The minimum Gasteiger partial charge on any atom is -0.349 e. The molecule has 3 aromatic rings. The van der Waals surface area contributed by atoms with E-state index in [0.717, 1.165) is 45.8 Å². The van der Waals surface area contributed by atoms with Gasteiger partial charge >= 0.3 is 0 Å². The molecule has 0 saturated heterocycles. The molecule has 6 heteroatoms. The Morgan fingerprint density at radius 2 is 2.15 bits per heavy atom. The summed E-state index contributed by atoms with van der Waals surface area (Å²) in [4.78, 5) is 17.1. The van der Waals surface area contributed by atoms with Gasteiger partial charge in [-0.1, -0.05) is 12.1 Å². The number of nitrogens with one attached hydrogen (secondary N) is 1. The Labute approximate surface area is 157 Å². The number of hydrogen-bond donors (Lipinski definition) is 1. The van der Waals surface area contributed by atoms with E-state index in [1.54, 1.807) is 6.07 Å². The minimum absolute atomic E-state index is 0.0207. The highest BCUT2D eigenvalue weighted by molar-refractivity contribution is 5.77. The standard InChI is InChI=1S/C21H23FN4O/c1-12-11-20-23-13(2)15(14(3)26(20)25-12)8-10-21(27)24-19-9-7-16-17(19)5-4-6-18(16)22/h4-6,11,19H,7-10H2,1-3H3,(H,24,27). The van der Waals surface area contributed by atoms with E-state index < -0.39 is 0 Å². The summed E-state index contributed by atoms with van der Waals surface area (Å²) in [5.41, 5.74) is 6.41. The van der Waals surface area contributed by atoms with E-state index in [-0.39, 0.29) is 17.8 Å². The van der Waals surface area contributed by atoms with E-state index in [9.17, 15) is 9.18 Å². The lowest BCUT2D eigenvalue weighted by Gasteiger charge is -2.15. The van der Waals surface area contributed by atoms with E-state index in [0.29, 0.717) is 19.3 Å². The van der Waals surface area contributed by atoms with Crippen LogP contribution in [0.5, 0.6) is 0 Å². The van der Waals surface area contributed by atoms with E-state index in [1.807, 2.05) is 37.4 Å². The van der Waals surface area contributed by atoms with Crippen molar-refractivity contribution in [2.24, 2.45) is 0 Å². The molecule has 0 fully saturated rings. The van der Waals surface area contributed by atoms with Gasteiger partial charge in [-0.25, -0.2) is 13.9 Å². The van der Waals surface area contributed by atoms with Gasteiger partial charge in [0.15, 0.2) is 5.65 Å². The summed E-state index contributed by atoms with van der Waals surface area (Å²) in [6.45, 7) is 5.93. The van der Waals surface area contributed by atoms with E-state index >= 15 is 0 Å². The van der Waals surface area contributed by atoms with Gasteiger partial charge in [0.25, 0.3) is 0 Å². The Morgan fingerprint density at radius 3 is 2.96 bits per heavy atom. The highest BCUT2D eigenvalue weighted by atomic mass is 19.1. The maximum Gasteiger partial charge on any atom is 0.220 e. The molecule has 4 rings (SSSR count). The topological polar surface area (TPSA) is 59.3 Å². The SMILES string of the molecule is Cc1cc2nc(C)c(CCC(=O)NC3CCc4c(F)cccc43)c(C)n2n1. The van der Waals surface area contributed by atoms with Crippen LogP contribution in [-0.4, -0.2) is 20.5 Å². The molecule has 1 aliphatic rings. The second-order valence-corrected chi connectivity index (χ2v) is 7.28. The highest BCUT2D eigenvalue weighted by Crippen LogP contribution is 2.32. The van der Waals surface area contributed by atoms with Crippen molar-refractivity contribution in [2.75, 3.05) is 0 Å². The summed E-state index contributed by atoms with van der Waals surface area (Å²) in [6.07, 6.45) is 2.40. The van der Waals surface area contributed by atoms with Crippen molar-refractivity contribution in [3.63, 3.8) is 0 Å². The fourth-order valence-corrected chi connectivity index (χ4v) is 4.07. The number of halogens is 1. The lowest BCUT2D eigenvalue weighted by Crippen LogP contribution is -2.27. The first-order chi connectivity index (χ1) is 12.9. The molecular formula is C21H23FN4O. The van der Waals surface area contributed by atoms with E-state index in [1.165, 1.54) is 6.07 Å². The second kappa shape index (κ2) is 6.76. The number of carbonyl (C=O) groups is 1. The van der Waals surface area contributed by atoms with Crippen LogP contribution in [0.15, 0.2) is 24.3 Å². The van der Waals surface area contributed by atoms with Crippen LogP contribution < -0.4 is 5.32 Å². The molecule has 27 heavy (non-hydrogen) atoms. The summed E-state index contributed by atoms with van der Waals surface area (Å²) < 4.78 is 15.7. The molecule has 1 unspecified atom stereocenters. The summed E-state index contributed by atoms with van der Waals surface area (Å²) in [7, 11) is 0. The molecule has 1 aliphatic carbocycles. The molecule has 2 heterocycles. The molecular weight excluding hydrogens is 343 g/mol. The maximum atomic E-state index is 13.9. The average molecular weight is 366 g/mol. The first-order valence-corrected chi connectivity index (χ1v) is 9.33. The van der Waals surface area contributed by atoms with Crippen molar-refractivity contribution < 1.29 is 9.18 Å². The van der Waals surface area contributed by atoms with Crippen molar-refractivity contribution in [1.82, 2.24) is 19.9 Å². The van der Waals surface area contributed by atoms with Crippen LogP contribution in [0.1, 0.15) is 52.7 Å². The number of amides is 1. The van der Waals surface area contributed by atoms with Crippen LogP contribution in [0.2, 0.25) is 0 Å². The zero-order chi connectivity index (χ0) is 19.1. The molecule has 0 spiro atoms. The number of nitrogens with zero attached hydrogens (tertiary/aromatic N) is 3. The van der Waals surface area contributed by atoms with Crippen molar-refractivity contribution in [3.8, 4) is 0 Å². The molecule has 5 nitrogen and oxygen atoms in total. The summed E-state index contributed by atoms with van der Waals surface area (Å²) in [6, 6.07) is 6.95. The monoisotopic (exact) mass is 366 g/mol. The van der Waals surface area contributed by atoms with Gasteiger partial charge in [-0.3, -0.25) is 4.79 Å². The number of rotatable bonds is 4. The molecule has 1 amide bonds. The largest absolute Gasteiger partial charge is 0.349 e. The van der Waals surface area contributed by atoms with Gasteiger partial charge in [-0.15, -0.1) is 0 Å². The summed E-state index contributed by atoms with van der Waals surface area (Å²) in [5.74, 6) is -0.197. The molecule has 0 aliphatic heterocycles. The molecule has 0 bridgehead atoms. The van der Waals surface area contributed by atoms with Crippen LogP contribution >= 0.6 is 0 Å². The third-order valence-corrected chi connectivity index (χ3v) is 5.44. The van der Waals surface area contributed by atoms with E-state index in [2.05, 4.69) is 15.4 Å². The van der Waals surface area contributed by atoms with Crippen LogP contribution in [0.3, 0.4) is 0 Å². The Balaban J connectivity index is 1.46. The quantitative estimate of drug-likeness (QED) is 0.768.